The summed E-state index contributed by atoms with van der Waals surface area (Å²) in [5.74, 6) is 1.21. The molecule has 0 radical (unpaired) electrons. The zero-order valence-corrected chi connectivity index (χ0v) is 18.4. The SMILES string of the molecule is O=C(Nc1ccc(OCc2ccc(Cl)cc2)cc1)C1CC(=O)N(c2ccc3c(c2)OCO3)C1. The number of anilines is 2. The van der Waals surface area contributed by atoms with Gasteiger partial charge < -0.3 is 24.4 Å². The average molecular weight is 465 g/mol. The number of carbonyl (C=O) groups excluding carboxylic acids is 2. The summed E-state index contributed by atoms with van der Waals surface area (Å²) in [6.07, 6.45) is 0.155. The monoisotopic (exact) mass is 464 g/mol. The number of fused-ring (bicyclic) bond motifs is 1. The fourth-order valence-electron chi connectivity index (χ4n) is 3.81. The first-order valence-electron chi connectivity index (χ1n) is 10.5. The first-order valence-corrected chi connectivity index (χ1v) is 10.9. The van der Waals surface area contributed by atoms with Crippen molar-refractivity contribution in [2.75, 3.05) is 23.6 Å². The van der Waals surface area contributed by atoms with Gasteiger partial charge in [-0.25, -0.2) is 0 Å². The van der Waals surface area contributed by atoms with Crippen molar-refractivity contribution in [2.24, 2.45) is 5.92 Å². The molecule has 3 aromatic carbocycles. The zero-order valence-electron chi connectivity index (χ0n) is 17.6. The maximum absolute atomic E-state index is 12.8. The Kier molecular flexibility index (Phi) is 5.79. The van der Waals surface area contributed by atoms with E-state index in [0.29, 0.717) is 46.8 Å². The van der Waals surface area contributed by atoms with Crippen LogP contribution in [0.4, 0.5) is 11.4 Å². The Morgan fingerprint density at radius 1 is 1.03 bits per heavy atom. The van der Waals surface area contributed by atoms with E-state index in [2.05, 4.69) is 5.32 Å². The second kappa shape index (κ2) is 9.03. The molecule has 0 bridgehead atoms. The molecule has 1 fully saturated rings. The van der Waals surface area contributed by atoms with Crippen LogP contribution < -0.4 is 24.4 Å². The number of nitrogens with one attached hydrogen (secondary N) is 1. The van der Waals surface area contributed by atoms with E-state index < -0.39 is 5.92 Å². The van der Waals surface area contributed by atoms with E-state index in [4.69, 9.17) is 25.8 Å². The molecule has 33 heavy (non-hydrogen) atoms. The Hall–Kier alpha value is -3.71. The van der Waals surface area contributed by atoms with E-state index in [9.17, 15) is 9.59 Å². The molecule has 0 aliphatic carbocycles. The number of hydrogen-bond acceptors (Lipinski definition) is 5. The lowest BCUT2D eigenvalue weighted by molar-refractivity contribution is -0.122. The van der Waals surface area contributed by atoms with Crippen molar-refractivity contribution in [1.29, 1.82) is 0 Å². The number of halogens is 1. The minimum Gasteiger partial charge on any atom is -0.489 e. The van der Waals surface area contributed by atoms with Gasteiger partial charge in [0.05, 0.1) is 5.92 Å². The Bertz CT molecular complexity index is 1180. The molecular formula is C25H21ClN2O5. The first kappa shape index (κ1) is 21.2. The summed E-state index contributed by atoms with van der Waals surface area (Å²) >= 11 is 5.90. The van der Waals surface area contributed by atoms with Crippen molar-refractivity contribution in [3.8, 4) is 17.2 Å². The number of hydrogen-bond donors (Lipinski definition) is 1. The largest absolute Gasteiger partial charge is 0.489 e. The first-order chi connectivity index (χ1) is 16.0. The third-order valence-corrected chi connectivity index (χ3v) is 5.86. The molecule has 1 N–H and O–H groups in total. The van der Waals surface area contributed by atoms with Gasteiger partial charge in [0.25, 0.3) is 0 Å². The highest BCUT2D eigenvalue weighted by atomic mass is 35.5. The number of rotatable bonds is 6. The highest BCUT2D eigenvalue weighted by Gasteiger charge is 2.35. The van der Waals surface area contributed by atoms with Crippen molar-refractivity contribution >= 4 is 34.8 Å². The van der Waals surface area contributed by atoms with Crippen molar-refractivity contribution in [2.45, 2.75) is 13.0 Å². The second-order valence-corrected chi connectivity index (χ2v) is 8.31. The molecule has 8 heteroatoms. The van der Waals surface area contributed by atoms with E-state index in [-0.39, 0.29) is 25.0 Å². The minimum absolute atomic E-state index is 0.0973. The lowest BCUT2D eigenvalue weighted by atomic mass is 10.1. The van der Waals surface area contributed by atoms with Crippen LogP contribution in [-0.4, -0.2) is 25.2 Å². The third-order valence-electron chi connectivity index (χ3n) is 5.60. The summed E-state index contributed by atoms with van der Waals surface area (Å²) in [5, 5.41) is 3.57. The number of carbonyl (C=O) groups is 2. The molecule has 2 aliphatic rings. The highest BCUT2D eigenvalue weighted by Crippen LogP contribution is 2.37. The summed E-state index contributed by atoms with van der Waals surface area (Å²) < 4.78 is 16.5. The fraction of sp³-hybridized carbons (Fsp3) is 0.200. The number of nitrogens with zero attached hydrogens (tertiary/aromatic N) is 1. The maximum Gasteiger partial charge on any atom is 0.231 e. The molecule has 7 nitrogen and oxygen atoms in total. The standard InChI is InChI=1S/C25H21ClN2O5/c26-18-3-1-16(2-4-18)14-31-21-8-5-19(6-9-21)27-25(30)17-11-24(29)28(13-17)20-7-10-22-23(12-20)33-15-32-22/h1-10,12,17H,11,13-15H2,(H,27,30). The average Bonchev–Trinajstić information content (AvgIpc) is 3.45. The molecule has 0 saturated carbocycles. The number of ether oxygens (including phenoxy) is 3. The lowest BCUT2D eigenvalue weighted by Crippen LogP contribution is -2.28. The number of amides is 2. The molecule has 1 unspecified atom stereocenters. The molecular weight excluding hydrogens is 444 g/mol. The molecule has 2 aliphatic heterocycles. The summed E-state index contributed by atoms with van der Waals surface area (Å²) in [7, 11) is 0. The topological polar surface area (TPSA) is 77.1 Å². The summed E-state index contributed by atoms with van der Waals surface area (Å²) in [6.45, 7) is 0.901. The number of benzene rings is 3. The minimum atomic E-state index is -0.441. The molecule has 168 valence electrons. The Labute approximate surface area is 195 Å². The van der Waals surface area contributed by atoms with Crippen LogP contribution in [-0.2, 0) is 16.2 Å². The molecule has 5 rings (SSSR count). The van der Waals surface area contributed by atoms with Gasteiger partial charge in [-0.3, -0.25) is 9.59 Å². The van der Waals surface area contributed by atoms with E-state index in [1.807, 2.05) is 24.3 Å². The normalized spacial score (nSPS) is 16.7. The van der Waals surface area contributed by atoms with E-state index >= 15 is 0 Å². The predicted molar refractivity (Wildman–Crippen MR) is 124 cm³/mol. The van der Waals surface area contributed by atoms with Gasteiger partial charge in [-0.15, -0.1) is 0 Å². The van der Waals surface area contributed by atoms with E-state index in [1.165, 1.54) is 0 Å². The summed E-state index contributed by atoms with van der Waals surface area (Å²) in [5.41, 5.74) is 2.35. The predicted octanol–water partition coefficient (Wildman–Crippen LogP) is 4.64. The smallest absolute Gasteiger partial charge is 0.231 e. The molecule has 3 aromatic rings. The second-order valence-electron chi connectivity index (χ2n) is 7.87. The Balaban J connectivity index is 1.16. The summed E-state index contributed by atoms with van der Waals surface area (Å²) in [6, 6.07) is 19.9. The highest BCUT2D eigenvalue weighted by molar-refractivity contribution is 6.30. The molecule has 1 saturated heterocycles. The Morgan fingerprint density at radius 3 is 2.58 bits per heavy atom. The van der Waals surface area contributed by atoms with Crippen LogP contribution in [0.25, 0.3) is 0 Å². The van der Waals surface area contributed by atoms with E-state index in [0.717, 1.165) is 5.56 Å². The van der Waals surface area contributed by atoms with Crippen LogP contribution in [0.5, 0.6) is 17.2 Å². The van der Waals surface area contributed by atoms with Crippen LogP contribution in [0.2, 0.25) is 5.02 Å². The van der Waals surface area contributed by atoms with Crippen LogP contribution in [0, 0.1) is 5.92 Å². The van der Waals surface area contributed by atoms with Crippen molar-refractivity contribution < 1.29 is 23.8 Å². The van der Waals surface area contributed by atoms with Gasteiger partial charge in [-0.05, 0) is 54.1 Å². The molecule has 2 amide bonds. The molecule has 1 atom stereocenters. The fourth-order valence-corrected chi connectivity index (χ4v) is 3.94. The quantitative estimate of drug-likeness (QED) is 0.575. The maximum atomic E-state index is 12.8. The van der Waals surface area contributed by atoms with Crippen LogP contribution in [0.15, 0.2) is 66.7 Å². The van der Waals surface area contributed by atoms with Gasteiger partial charge in [0.1, 0.15) is 12.4 Å². The zero-order chi connectivity index (χ0) is 22.8. The summed E-state index contributed by atoms with van der Waals surface area (Å²) in [4.78, 5) is 26.9. The molecule has 0 spiro atoms. The Morgan fingerprint density at radius 2 is 1.79 bits per heavy atom. The van der Waals surface area contributed by atoms with E-state index in [1.54, 1.807) is 47.4 Å². The van der Waals surface area contributed by atoms with Crippen LogP contribution in [0.3, 0.4) is 0 Å². The van der Waals surface area contributed by atoms with Crippen molar-refractivity contribution in [1.82, 2.24) is 0 Å². The van der Waals surface area contributed by atoms with Gasteiger partial charge in [0, 0.05) is 35.4 Å². The molecule has 2 heterocycles. The van der Waals surface area contributed by atoms with Gasteiger partial charge in [-0.2, -0.15) is 0 Å². The van der Waals surface area contributed by atoms with Crippen LogP contribution >= 0.6 is 11.6 Å². The van der Waals surface area contributed by atoms with Crippen molar-refractivity contribution in [3.63, 3.8) is 0 Å². The van der Waals surface area contributed by atoms with Gasteiger partial charge in [0.15, 0.2) is 11.5 Å². The van der Waals surface area contributed by atoms with Crippen molar-refractivity contribution in [3.05, 3.63) is 77.3 Å². The third kappa shape index (κ3) is 4.73. The van der Waals surface area contributed by atoms with Crippen LogP contribution in [0.1, 0.15) is 12.0 Å². The lowest BCUT2D eigenvalue weighted by Gasteiger charge is -2.17. The molecule has 0 aromatic heterocycles. The van der Waals surface area contributed by atoms with Gasteiger partial charge in [0.2, 0.25) is 18.6 Å². The van der Waals surface area contributed by atoms with Gasteiger partial charge >= 0.3 is 0 Å². The van der Waals surface area contributed by atoms with Gasteiger partial charge in [-0.1, -0.05) is 23.7 Å².